The normalized spacial score (nSPS) is 11.3. The smallest absolute Gasteiger partial charge is 0.340 e. The van der Waals surface area contributed by atoms with Gasteiger partial charge in [-0.25, -0.2) is 9.78 Å². The highest BCUT2D eigenvalue weighted by atomic mass is 16.5. The number of carbonyl (C=O) groups excluding carboxylic acids is 1. The predicted molar refractivity (Wildman–Crippen MR) is 132 cm³/mol. The van der Waals surface area contributed by atoms with Gasteiger partial charge in [-0.05, 0) is 56.2 Å². The van der Waals surface area contributed by atoms with Crippen LogP contribution in [0.15, 0.2) is 66.9 Å². The molecule has 0 amide bonds. The second kappa shape index (κ2) is 8.17. The van der Waals surface area contributed by atoms with Crippen molar-refractivity contribution in [3.63, 3.8) is 0 Å². The van der Waals surface area contributed by atoms with E-state index in [-0.39, 0.29) is 5.97 Å². The minimum atomic E-state index is -0.381. The molecule has 0 radical (unpaired) electrons. The van der Waals surface area contributed by atoms with E-state index in [1.807, 2.05) is 25.1 Å². The zero-order valence-corrected chi connectivity index (χ0v) is 19.2. The van der Waals surface area contributed by atoms with E-state index in [0.29, 0.717) is 17.8 Å². The van der Waals surface area contributed by atoms with Crippen molar-refractivity contribution in [1.82, 2.24) is 14.5 Å². The van der Waals surface area contributed by atoms with Gasteiger partial charge in [0.25, 0.3) is 0 Å². The molecule has 3 aromatic heterocycles. The highest BCUT2D eigenvalue weighted by Crippen LogP contribution is 2.34. The van der Waals surface area contributed by atoms with Crippen LogP contribution >= 0.6 is 0 Å². The molecule has 0 spiro atoms. The van der Waals surface area contributed by atoms with Gasteiger partial charge in [-0.15, -0.1) is 0 Å². The van der Waals surface area contributed by atoms with Crippen molar-refractivity contribution in [2.24, 2.45) is 0 Å². The molecule has 33 heavy (non-hydrogen) atoms. The molecular weight excluding hydrogens is 410 g/mol. The van der Waals surface area contributed by atoms with Gasteiger partial charge in [0.1, 0.15) is 0 Å². The minimum Gasteiger partial charge on any atom is -0.465 e. The highest BCUT2D eigenvalue weighted by molar-refractivity contribution is 6.13. The van der Waals surface area contributed by atoms with Crippen LogP contribution in [0.25, 0.3) is 33.2 Å². The summed E-state index contributed by atoms with van der Waals surface area (Å²) in [7, 11) is 1.42. The standard InChI is InChI=1S/C28H25N3O2/c1-17-5-9-20(10-6-17)16-31-25-13-18(2)7-12-22(25)26-27(31)23(28(32)33-4)14-24(30-26)21-11-8-19(3)29-15-21/h5-15H,16H2,1-4H3. The lowest BCUT2D eigenvalue weighted by molar-refractivity contribution is 0.0602. The van der Waals surface area contributed by atoms with E-state index in [1.165, 1.54) is 12.7 Å². The maximum absolute atomic E-state index is 13.0. The number of benzene rings is 2. The van der Waals surface area contributed by atoms with Gasteiger partial charge < -0.3 is 9.30 Å². The summed E-state index contributed by atoms with van der Waals surface area (Å²) in [6.45, 7) is 6.72. The van der Waals surface area contributed by atoms with E-state index in [4.69, 9.17) is 9.72 Å². The number of esters is 1. The number of rotatable bonds is 4. The Hall–Kier alpha value is -3.99. The van der Waals surface area contributed by atoms with Gasteiger partial charge in [-0.1, -0.05) is 42.0 Å². The lowest BCUT2D eigenvalue weighted by Gasteiger charge is -2.12. The Labute approximate surface area is 192 Å². The van der Waals surface area contributed by atoms with E-state index in [2.05, 4.69) is 65.9 Å². The first-order valence-electron chi connectivity index (χ1n) is 10.9. The fraction of sp³-hybridized carbons (Fsp3) is 0.179. The van der Waals surface area contributed by atoms with E-state index in [1.54, 1.807) is 6.20 Å². The molecule has 0 aliphatic carbocycles. The van der Waals surface area contributed by atoms with E-state index in [0.717, 1.165) is 44.3 Å². The van der Waals surface area contributed by atoms with Crippen molar-refractivity contribution in [3.05, 3.63) is 94.8 Å². The molecular formula is C28H25N3O2. The second-order valence-corrected chi connectivity index (χ2v) is 8.52. The number of methoxy groups -OCH3 is 1. The van der Waals surface area contributed by atoms with Crippen LogP contribution in [0.3, 0.4) is 0 Å². The van der Waals surface area contributed by atoms with Crippen molar-refractivity contribution >= 4 is 27.9 Å². The molecule has 0 aliphatic rings. The lowest BCUT2D eigenvalue weighted by Crippen LogP contribution is -2.08. The molecule has 0 N–H and O–H groups in total. The predicted octanol–water partition coefficient (Wildman–Crippen LogP) is 6.01. The molecule has 0 saturated heterocycles. The van der Waals surface area contributed by atoms with E-state index in [9.17, 15) is 4.79 Å². The highest BCUT2D eigenvalue weighted by Gasteiger charge is 2.22. The number of aryl methyl sites for hydroxylation is 3. The fourth-order valence-corrected chi connectivity index (χ4v) is 4.26. The number of nitrogens with zero attached hydrogens (tertiary/aromatic N) is 3. The maximum atomic E-state index is 13.0. The maximum Gasteiger partial charge on any atom is 0.340 e. The van der Waals surface area contributed by atoms with Crippen molar-refractivity contribution in [2.75, 3.05) is 7.11 Å². The van der Waals surface area contributed by atoms with Gasteiger partial charge >= 0.3 is 5.97 Å². The van der Waals surface area contributed by atoms with Crippen molar-refractivity contribution in [2.45, 2.75) is 27.3 Å². The molecule has 0 bridgehead atoms. The number of fused-ring (bicyclic) bond motifs is 3. The third-order valence-corrected chi connectivity index (χ3v) is 6.04. The van der Waals surface area contributed by atoms with Crippen LogP contribution in [-0.2, 0) is 11.3 Å². The molecule has 5 rings (SSSR count). The average molecular weight is 436 g/mol. The number of aromatic nitrogens is 3. The van der Waals surface area contributed by atoms with Gasteiger partial charge in [0.2, 0.25) is 0 Å². The Balaban J connectivity index is 1.84. The monoisotopic (exact) mass is 435 g/mol. The molecule has 164 valence electrons. The summed E-state index contributed by atoms with van der Waals surface area (Å²) in [5.41, 5.74) is 9.12. The summed E-state index contributed by atoms with van der Waals surface area (Å²) in [6.07, 6.45) is 1.79. The summed E-state index contributed by atoms with van der Waals surface area (Å²) in [6, 6.07) is 20.5. The summed E-state index contributed by atoms with van der Waals surface area (Å²) in [5, 5.41) is 1.01. The third kappa shape index (κ3) is 3.76. The van der Waals surface area contributed by atoms with Gasteiger partial charge in [0.15, 0.2) is 0 Å². The Kier molecular flexibility index (Phi) is 5.17. The molecule has 3 heterocycles. The Morgan fingerprint density at radius 3 is 2.39 bits per heavy atom. The molecule has 0 saturated carbocycles. The average Bonchev–Trinajstić information content (AvgIpc) is 3.12. The second-order valence-electron chi connectivity index (χ2n) is 8.52. The van der Waals surface area contributed by atoms with Gasteiger partial charge in [0.05, 0.1) is 34.9 Å². The van der Waals surface area contributed by atoms with Crippen LogP contribution in [0.1, 0.15) is 32.7 Å². The quantitative estimate of drug-likeness (QED) is 0.324. The fourth-order valence-electron chi connectivity index (χ4n) is 4.26. The van der Waals surface area contributed by atoms with Crippen LogP contribution in [-0.4, -0.2) is 27.6 Å². The van der Waals surface area contributed by atoms with Crippen molar-refractivity contribution in [1.29, 1.82) is 0 Å². The van der Waals surface area contributed by atoms with Gasteiger partial charge in [-0.3, -0.25) is 4.98 Å². The number of carbonyl (C=O) groups is 1. The van der Waals surface area contributed by atoms with E-state index < -0.39 is 0 Å². The summed E-state index contributed by atoms with van der Waals surface area (Å²) < 4.78 is 7.38. The molecule has 0 fully saturated rings. The molecule has 5 heteroatoms. The molecule has 5 nitrogen and oxygen atoms in total. The van der Waals surface area contributed by atoms with Crippen molar-refractivity contribution < 1.29 is 9.53 Å². The minimum absolute atomic E-state index is 0.381. The zero-order valence-electron chi connectivity index (χ0n) is 19.2. The van der Waals surface area contributed by atoms with E-state index >= 15 is 0 Å². The Morgan fingerprint density at radius 2 is 1.70 bits per heavy atom. The largest absolute Gasteiger partial charge is 0.465 e. The van der Waals surface area contributed by atoms with Crippen LogP contribution in [0.2, 0.25) is 0 Å². The van der Waals surface area contributed by atoms with Gasteiger partial charge in [0, 0.05) is 29.4 Å². The number of hydrogen-bond acceptors (Lipinski definition) is 4. The molecule has 0 aliphatic heterocycles. The first-order chi connectivity index (χ1) is 15.9. The number of hydrogen-bond donors (Lipinski definition) is 0. The van der Waals surface area contributed by atoms with Crippen LogP contribution in [0.4, 0.5) is 0 Å². The molecule has 0 unspecified atom stereocenters. The van der Waals surface area contributed by atoms with Crippen LogP contribution in [0.5, 0.6) is 0 Å². The topological polar surface area (TPSA) is 57.0 Å². The number of pyridine rings is 2. The molecule has 2 aromatic carbocycles. The molecule has 5 aromatic rings. The first-order valence-corrected chi connectivity index (χ1v) is 10.9. The Morgan fingerprint density at radius 1 is 0.939 bits per heavy atom. The zero-order chi connectivity index (χ0) is 23.1. The lowest BCUT2D eigenvalue weighted by atomic mass is 10.1. The van der Waals surface area contributed by atoms with Gasteiger partial charge in [-0.2, -0.15) is 0 Å². The van der Waals surface area contributed by atoms with Crippen LogP contribution < -0.4 is 0 Å². The van der Waals surface area contributed by atoms with Crippen LogP contribution in [0, 0.1) is 20.8 Å². The third-order valence-electron chi connectivity index (χ3n) is 6.04. The Bertz CT molecular complexity index is 1500. The summed E-state index contributed by atoms with van der Waals surface area (Å²) in [4.78, 5) is 22.4. The van der Waals surface area contributed by atoms with Crippen molar-refractivity contribution in [3.8, 4) is 11.3 Å². The summed E-state index contributed by atoms with van der Waals surface area (Å²) in [5.74, 6) is -0.381. The number of ether oxygens (including phenoxy) is 1. The summed E-state index contributed by atoms with van der Waals surface area (Å²) >= 11 is 0. The first kappa shape index (κ1) is 20.9. The SMILES string of the molecule is COC(=O)c1cc(-c2ccc(C)nc2)nc2c3ccc(C)cc3n(Cc3ccc(C)cc3)c12. The molecule has 0 atom stereocenters.